The SMILES string of the molecule is Brc1cccc(-c2nnc(-c3ccccc3)o2)c1.O[B]Oc1cccc2c1sc1ccccc12.c1ccc(-c2nnc(-c3cccc(-c4cccc5c4sc4ccccc45)c3)o2)cc1. The molecule has 4 heterocycles. The summed E-state index contributed by atoms with van der Waals surface area (Å²) in [7, 11) is 0.721. The van der Waals surface area contributed by atoms with Gasteiger partial charge in [0.2, 0.25) is 23.6 Å². The Labute approximate surface area is 384 Å². The number of benzene rings is 8. The van der Waals surface area contributed by atoms with Crippen molar-refractivity contribution in [3.63, 3.8) is 0 Å². The van der Waals surface area contributed by atoms with Crippen molar-refractivity contribution in [2.75, 3.05) is 0 Å². The van der Waals surface area contributed by atoms with Crippen molar-refractivity contribution in [1.82, 2.24) is 20.4 Å². The molecule has 12 aromatic rings. The molecule has 0 amide bonds. The van der Waals surface area contributed by atoms with Crippen LogP contribution in [0.3, 0.4) is 0 Å². The number of fused-ring (bicyclic) bond motifs is 6. The van der Waals surface area contributed by atoms with Crippen molar-refractivity contribution in [1.29, 1.82) is 0 Å². The zero-order valence-corrected chi connectivity index (χ0v) is 36.9. The van der Waals surface area contributed by atoms with Crippen LogP contribution in [0.4, 0.5) is 0 Å². The van der Waals surface area contributed by atoms with Gasteiger partial charge in [-0.25, -0.2) is 0 Å². The Hall–Kier alpha value is -7.22. The smallest absolute Gasteiger partial charge is 0.536 e. The van der Waals surface area contributed by atoms with E-state index in [-0.39, 0.29) is 0 Å². The first-order chi connectivity index (χ1) is 31.6. The number of halogens is 1. The Morgan fingerprint density at radius 3 is 1.45 bits per heavy atom. The fourth-order valence-electron chi connectivity index (χ4n) is 7.36. The second-order valence-corrected chi connectivity index (χ2v) is 17.4. The van der Waals surface area contributed by atoms with Gasteiger partial charge in [0.15, 0.2) is 0 Å². The molecule has 12 rings (SSSR count). The van der Waals surface area contributed by atoms with Crippen LogP contribution in [0.1, 0.15) is 0 Å². The van der Waals surface area contributed by atoms with Gasteiger partial charge in [0, 0.05) is 62.4 Å². The lowest BCUT2D eigenvalue weighted by atomic mass is 10.0. The van der Waals surface area contributed by atoms with E-state index in [1.165, 1.54) is 41.2 Å². The Balaban J connectivity index is 0.000000122. The van der Waals surface area contributed by atoms with E-state index in [1.54, 1.807) is 11.3 Å². The normalized spacial score (nSPS) is 11.0. The fraction of sp³-hybridized carbons (Fsp3) is 0. The third-order valence-corrected chi connectivity index (χ3v) is 13.2. The Morgan fingerprint density at radius 1 is 0.422 bits per heavy atom. The van der Waals surface area contributed by atoms with Crippen LogP contribution >= 0.6 is 38.6 Å². The van der Waals surface area contributed by atoms with Gasteiger partial charge >= 0.3 is 7.69 Å². The molecule has 0 aliphatic carbocycles. The van der Waals surface area contributed by atoms with Crippen molar-refractivity contribution in [3.05, 3.63) is 199 Å². The summed E-state index contributed by atoms with van der Waals surface area (Å²) in [6, 6.07) is 64.8. The van der Waals surface area contributed by atoms with Crippen LogP contribution in [-0.4, -0.2) is 33.1 Å². The van der Waals surface area contributed by atoms with Crippen LogP contribution in [0.15, 0.2) is 207 Å². The molecule has 12 heteroatoms. The average molecular weight is 933 g/mol. The molecule has 0 spiro atoms. The first-order valence-corrected chi connectivity index (χ1v) is 22.6. The molecule has 0 saturated carbocycles. The van der Waals surface area contributed by atoms with Gasteiger partial charge in [-0.1, -0.05) is 137 Å². The van der Waals surface area contributed by atoms with Gasteiger partial charge in [-0.05, 0) is 83.9 Å². The molecule has 1 radical (unpaired) electrons. The number of hydrogen-bond acceptors (Lipinski definition) is 10. The summed E-state index contributed by atoms with van der Waals surface area (Å²) in [6.45, 7) is 0. The highest BCUT2D eigenvalue weighted by molar-refractivity contribution is 9.10. The quantitative estimate of drug-likeness (QED) is 0.158. The molecular formula is C52H33BBrN4O4S2. The minimum Gasteiger partial charge on any atom is -0.536 e. The molecule has 0 aliphatic rings. The summed E-state index contributed by atoms with van der Waals surface area (Å²) in [5.74, 6) is 2.81. The van der Waals surface area contributed by atoms with Crippen molar-refractivity contribution in [2.24, 2.45) is 0 Å². The van der Waals surface area contributed by atoms with Gasteiger partial charge in [0.1, 0.15) is 5.75 Å². The summed E-state index contributed by atoms with van der Waals surface area (Å²) in [5.41, 5.74) is 6.02. The summed E-state index contributed by atoms with van der Waals surface area (Å²) >= 11 is 6.93. The van der Waals surface area contributed by atoms with E-state index >= 15 is 0 Å². The summed E-state index contributed by atoms with van der Waals surface area (Å²) in [5, 5.41) is 30.3. The van der Waals surface area contributed by atoms with Crippen molar-refractivity contribution in [3.8, 4) is 62.7 Å². The maximum atomic E-state index is 8.71. The number of nitrogens with zero attached hydrogens (tertiary/aromatic N) is 4. The van der Waals surface area contributed by atoms with Crippen LogP contribution in [0, 0.1) is 0 Å². The molecule has 0 bridgehead atoms. The van der Waals surface area contributed by atoms with Crippen molar-refractivity contribution < 1.29 is 18.5 Å². The molecule has 307 valence electrons. The molecule has 1 N–H and O–H groups in total. The van der Waals surface area contributed by atoms with Gasteiger partial charge in [-0.3, -0.25) is 0 Å². The van der Waals surface area contributed by atoms with E-state index in [2.05, 4.69) is 109 Å². The Kier molecular flexibility index (Phi) is 11.9. The molecule has 64 heavy (non-hydrogen) atoms. The number of hydrogen-bond donors (Lipinski definition) is 1. The maximum absolute atomic E-state index is 8.71. The van der Waals surface area contributed by atoms with Gasteiger partial charge < -0.3 is 18.5 Å². The molecule has 0 atom stereocenters. The molecule has 0 saturated heterocycles. The van der Waals surface area contributed by atoms with Gasteiger partial charge in [0.05, 0.1) is 4.70 Å². The molecule has 4 aromatic heterocycles. The second kappa shape index (κ2) is 18.6. The van der Waals surface area contributed by atoms with E-state index in [4.69, 9.17) is 18.5 Å². The summed E-state index contributed by atoms with van der Waals surface area (Å²) in [6.07, 6.45) is 0. The molecular weight excluding hydrogens is 899 g/mol. The van der Waals surface area contributed by atoms with Gasteiger partial charge in [-0.2, -0.15) is 0 Å². The van der Waals surface area contributed by atoms with Crippen molar-refractivity contribution >= 4 is 86.6 Å². The lowest BCUT2D eigenvalue weighted by Gasteiger charge is -2.05. The zero-order valence-electron chi connectivity index (χ0n) is 33.7. The Morgan fingerprint density at radius 2 is 0.859 bits per heavy atom. The highest BCUT2D eigenvalue weighted by atomic mass is 79.9. The number of aromatic nitrogens is 4. The van der Waals surface area contributed by atoms with E-state index in [9.17, 15) is 0 Å². The van der Waals surface area contributed by atoms with Crippen LogP contribution in [0.5, 0.6) is 5.75 Å². The standard InChI is InChI=1S/C26H16N2OS.C14H9BrN2O.C12H8BO2S/c1-2-8-17(9-3-1)25-27-28-26(29-25)19-11-6-10-18(16-19)20-13-7-14-22-21-12-4-5-15-23(21)30-24(20)22;15-12-8-4-7-11(9-12)14-17-16-13(18-14)10-5-2-1-3-6-10;14-13-15-10-6-3-5-9-8-4-1-2-7-11(8)16-12(9)10/h1-16H;1-9H;1-7,14H. The van der Waals surface area contributed by atoms with Crippen LogP contribution in [-0.2, 0) is 0 Å². The van der Waals surface area contributed by atoms with E-state index in [1.807, 2.05) is 133 Å². The van der Waals surface area contributed by atoms with Gasteiger partial charge in [0.25, 0.3) is 0 Å². The summed E-state index contributed by atoms with van der Waals surface area (Å²) in [4.78, 5) is 0. The molecule has 0 aliphatic heterocycles. The van der Waals surface area contributed by atoms with E-state index in [0.717, 1.165) is 44.7 Å². The fourth-order valence-corrected chi connectivity index (χ4v) is 10.2. The minimum absolute atomic E-state index is 0.523. The highest BCUT2D eigenvalue weighted by Gasteiger charge is 2.15. The lowest BCUT2D eigenvalue weighted by Crippen LogP contribution is -1.99. The monoisotopic (exact) mass is 931 g/mol. The van der Waals surface area contributed by atoms with Crippen LogP contribution in [0.25, 0.3) is 97.3 Å². The first-order valence-electron chi connectivity index (χ1n) is 20.2. The average Bonchev–Trinajstić information content (AvgIpc) is 4.19. The summed E-state index contributed by atoms with van der Waals surface area (Å²) < 4.78 is 22.6. The largest absolute Gasteiger partial charge is 0.569 e. The maximum Gasteiger partial charge on any atom is 0.569 e. The second-order valence-electron chi connectivity index (χ2n) is 14.4. The topological polar surface area (TPSA) is 107 Å². The predicted octanol–water partition coefficient (Wildman–Crippen LogP) is 14.6. The third kappa shape index (κ3) is 8.60. The number of rotatable bonds is 7. The van der Waals surface area contributed by atoms with Crippen molar-refractivity contribution in [2.45, 2.75) is 0 Å². The molecule has 8 aromatic carbocycles. The molecule has 0 unspecified atom stereocenters. The predicted molar refractivity (Wildman–Crippen MR) is 264 cm³/mol. The number of thiophene rings is 2. The lowest BCUT2D eigenvalue weighted by molar-refractivity contribution is 0.457. The minimum atomic E-state index is 0.523. The van der Waals surface area contributed by atoms with Crippen LogP contribution < -0.4 is 4.65 Å². The zero-order chi connectivity index (χ0) is 43.2. The molecule has 0 fully saturated rings. The first kappa shape index (κ1) is 40.8. The van der Waals surface area contributed by atoms with E-state index in [0.29, 0.717) is 29.3 Å². The van der Waals surface area contributed by atoms with Crippen LogP contribution in [0.2, 0.25) is 0 Å². The third-order valence-electron chi connectivity index (χ3n) is 10.3. The van der Waals surface area contributed by atoms with Gasteiger partial charge in [-0.15, -0.1) is 43.1 Å². The van der Waals surface area contributed by atoms with E-state index < -0.39 is 0 Å². The molecule has 8 nitrogen and oxygen atoms in total. The Bertz CT molecular complexity index is 3520. The highest BCUT2D eigenvalue weighted by Crippen LogP contribution is 2.41.